The van der Waals surface area contributed by atoms with Crippen molar-refractivity contribution in [1.82, 2.24) is 20.3 Å². The number of aryl methyl sites for hydroxylation is 1. The molecule has 3 N–H and O–H groups in total. The van der Waals surface area contributed by atoms with Crippen LogP contribution in [0.2, 0.25) is 0 Å². The normalized spacial score (nSPS) is 12.5. The van der Waals surface area contributed by atoms with Crippen molar-refractivity contribution in [3.8, 4) is 0 Å². The lowest BCUT2D eigenvalue weighted by molar-refractivity contribution is -0.120. The molecule has 0 saturated carbocycles. The molecule has 0 radical (unpaired) electrons. The molecule has 1 unspecified atom stereocenters. The molecule has 0 aliphatic carbocycles. The second-order valence-electron chi connectivity index (χ2n) is 3.47. The van der Waals surface area contributed by atoms with Gasteiger partial charge in [0.1, 0.15) is 0 Å². The average molecular weight is 211 g/mol. The third-order valence-corrected chi connectivity index (χ3v) is 2.09. The fourth-order valence-electron chi connectivity index (χ4n) is 1.16. The first-order valence-electron chi connectivity index (χ1n) is 4.99. The van der Waals surface area contributed by atoms with Crippen LogP contribution in [-0.2, 0) is 11.3 Å². The van der Waals surface area contributed by atoms with Crippen LogP contribution >= 0.6 is 0 Å². The number of hydrogen-bond acceptors (Lipinski definition) is 4. The molecule has 1 atom stereocenters. The molecule has 6 heteroatoms. The van der Waals surface area contributed by atoms with Crippen LogP contribution < -0.4 is 11.1 Å². The fraction of sp³-hybridized carbons (Fsp3) is 0.667. The minimum atomic E-state index is -0.0994. The molecule has 1 aromatic heterocycles. The molecule has 0 fully saturated rings. The summed E-state index contributed by atoms with van der Waals surface area (Å²) in [4.78, 5) is 10.9. The summed E-state index contributed by atoms with van der Waals surface area (Å²) in [6, 6.07) is -0.0994. The van der Waals surface area contributed by atoms with Crippen LogP contribution in [0.1, 0.15) is 31.5 Å². The monoisotopic (exact) mass is 211 g/mol. The lowest BCUT2D eigenvalue weighted by Crippen LogP contribution is -2.17. The van der Waals surface area contributed by atoms with Crippen LogP contribution in [0.3, 0.4) is 0 Å². The summed E-state index contributed by atoms with van der Waals surface area (Å²) < 4.78 is 1.71. The van der Waals surface area contributed by atoms with Crippen LogP contribution in [0.5, 0.6) is 0 Å². The van der Waals surface area contributed by atoms with Crippen molar-refractivity contribution < 1.29 is 4.79 Å². The van der Waals surface area contributed by atoms with Crippen molar-refractivity contribution in [2.75, 3.05) is 7.05 Å². The molecule has 0 aliphatic heterocycles. The van der Waals surface area contributed by atoms with Gasteiger partial charge in [-0.05, 0) is 13.3 Å². The zero-order chi connectivity index (χ0) is 11.3. The molecular weight excluding hydrogens is 194 g/mol. The Balaban J connectivity index is 2.34. The summed E-state index contributed by atoms with van der Waals surface area (Å²) in [5.41, 5.74) is 6.42. The van der Waals surface area contributed by atoms with Gasteiger partial charge in [-0.3, -0.25) is 9.48 Å². The van der Waals surface area contributed by atoms with E-state index in [1.54, 1.807) is 11.7 Å². The molecule has 0 aliphatic rings. The molecule has 84 valence electrons. The van der Waals surface area contributed by atoms with E-state index in [1.165, 1.54) is 0 Å². The number of aromatic nitrogens is 3. The number of nitrogens with zero attached hydrogens (tertiary/aromatic N) is 3. The third-order valence-electron chi connectivity index (χ3n) is 2.09. The molecule has 1 rings (SSSR count). The minimum absolute atomic E-state index is 0.0440. The highest BCUT2D eigenvalue weighted by molar-refractivity contribution is 5.75. The Kier molecular flexibility index (Phi) is 4.23. The second kappa shape index (κ2) is 5.45. The van der Waals surface area contributed by atoms with Crippen LogP contribution in [-0.4, -0.2) is 27.9 Å². The molecular formula is C9H17N5O. The topological polar surface area (TPSA) is 85.8 Å². The Morgan fingerprint density at radius 1 is 1.73 bits per heavy atom. The summed E-state index contributed by atoms with van der Waals surface area (Å²) >= 11 is 0. The van der Waals surface area contributed by atoms with Gasteiger partial charge in [0.15, 0.2) is 0 Å². The van der Waals surface area contributed by atoms with Gasteiger partial charge in [0.25, 0.3) is 0 Å². The average Bonchev–Trinajstić information content (AvgIpc) is 2.66. The second-order valence-corrected chi connectivity index (χ2v) is 3.47. The first-order valence-corrected chi connectivity index (χ1v) is 4.99. The highest BCUT2D eigenvalue weighted by atomic mass is 16.1. The summed E-state index contributed by atoms with van der Waals surface area (Å²) in [5, 5.41) is 10.4. The van der Waals surface area contributed by atoms with Gasteiger partial charge in [-0.15, -0.1) is 5.10 Å². The number of hydrogen-bond donors (Lipinski definition) is 2. The Bertz CT molecular complexity index is 320. The lowest BCUT2D eigenvalue weighted by atomic mass is 10.3. The number of nitrogens with two attached hydrogens (primary N) is 1. The molecule has 6 nitrogen and oxygen atoms in total. The molecule has 15 heavy (non-hydrogen) atoms. The minimum Gasteiger partial charge on any atom is -0.359 e. The first kappa shape index (κ1) is 11.6. The summed E-state index contributed by atoms with van der Waals surface area (Å²) in [7, 11) is 1.63. The standard InChI is InChI=1S/C9H17N5O/c1-7(10)8-6-14(13-12-8)5-3-4-9(15)11-2/h6-7H,3-5,10H2,1-2H3,(H,11,15). The van der Waals surface area contributed by atoms with Crippen LogP contribution in [0.4, 0.5) is 0 Å². The SMILES string of the molecule is CNC(=O)CCCn1cc(C(C)N)nn1. The number of carbonyl (C=O) groups is 1. The zero-order valence-corrected chi connectivity index (χ0v) is 9.10. The summed E-state index contributed by atoms with van der Waals surface area (Å²) in [6.07, 6.45) is 3.07. The van der Waals surface area contributed by atoms with Gasteiger partial charge in [0.2, 0.25) is 5.91 Å². The van der Waals surface area contributed by atoms with Crippen molar-refractivity contribution in [1.29, 1.82) is 0 Å². The van der Waals surface area contributed by atoms with Gasteiger partial charge >= 0.3 is 0 Å². The highest BCUT2D eigenvalue weighted by Gasteiger charge is 2.05. The van der Waals surface area contributed by atoms with Crippen molar-refractivity contribution in [3.63, 3.8) is 0 Å². The Morgan fingerprint density at radius 3 is 3.00 bits per heavy atom. The van der Waals surface area contributed by atoms with E-state index < -0.39 is 0 Å². The maximum Gasteiger partial charge on any atom is 0.219 e. The Labute approximate surface area is 88.8 Å². The van der Waals surface area contributed by atoms with E-state index in [9.17, 15) is 4.79 Å². The van der Waals surface area contributed by atoms with Crippen LogP contribution in [0, 0.1) is 0 Å². The van der Waals surface area contributed by atoms with Gasteiger partial charge in [0.05, 0.1) is 11.9 Å². The predicted octanol–water partition coefficient (Wildman–Crippen LogP) is -0.176. The Morgan fingerprint density at radius 2 is 2.47 bits per heavy atom. The molecule has 1 amide bonds. The lowest BCUT2D eigenvalue weighted by Gasteiger charge is -2.00. The van der Waals surface area contributed by atoms with Crippen LogP contribution in [0.15, 0.2) is 6.20 Å². The largest absolute Gasteiger partial charge is 0.359 e. The van der Waals surface area contributed by atoms with Crippen molar-refractivity contribution in [3.05, 3.63) is 11.9 Å². The van der Waals surface area contributed by atoms with Gasteiger partial charge < -0.3 is 11.1 Å². The Hall–Kier alpha value is -1.43. The van der Waals surface area contributed by atoms with E-state index in [4.69, 9.17) is 5.73 Å². The molecule has 0 bridgehead atoms. The maximum atomic E-state index is 10.9. The molecule has 0 aromatic carbocycles. The molecule has 1 aromatic rings. The number of carbonyl (C=O) groups excluding carboxylic acids is 1. The van der Waals surface area contributed by atoms with Gasteiger partial charge in [-0.1, -0.05) is 5.21 Å². The maximum absolute atomic E-state index is 10.9. The fourth-order valence-corrected chi connectivity index (χ4v) is 1.16. The van der Waals surface area contributed by atoms with E-state index in [2.05, 4.69) is 15.6 Å². The summed E-state index contributed by atoms with van der Waals surface area (Å²) in [5.74, 6) is 0.0440. The van der Waals surface area contributed by atoms with Crippen molar-refractivity contribution in [2.24, 2.45) is 5.73 Å². The first-order chi connectivity index (χ1) is 7.13. The zero-order valence-electron chi connectivity index (χ0n) is 9.10. The van der Waals surface area contributed by atoms with Crippen LogP contribution in [0.25, 0.3) is 0 Å². The van der Waals surface area contributed by atoms with E-state index in [-0.39, 0.29) is 11.9 Å². The molecule has 1 heterocycles. The van der Waals surface area contributed by atoms with Gasteiger partial charge in [-0.25, -0.2) is 0 Å². The van der Waals surface area contributed by atoms with Gasteiger partial charge in [-0.2, -0.15) is 0 Å². The number of nitrogens with one attached hydrogen (secondary N) is 1. The van der Waals surface area contributed by atoms with E-state index in [1.807, 2.05) is 13.1 Å². The third kappa shape index (κ3) is 3.67. The van der Waals surface area contributed by atoms with E-state index in [0.29, 0.717) is 13.0 Å². The predicted molar refractivity (Wildman–Crippen MR) is 55.9 cm³/mol. The van der Waals surface area contributed by atoms with E-state index >= 15 is 0 Å². The van der Waals surface area contributed by atoms with Crippen molar-refractivity contribution in [2.45, 2.75) is 32.4 Å². The quantitative estimate of drug-likeness (QED) is 0.707. The smallest absolute Gasteiger partial charge is 0.219 e. The summed E-state index contributed by atoms with van der Waals surface area (Å²) in [6.45, 7) is 2.55. The number of rotatable bonds is 5. The van der Waals surface area contributed by atoms with E-state index in [0.717, 1.165) is 12.1 Å². The molecule has 0 spiro atoms. The highest BCUT2D eigenvalue weighted by Crippen LogP contribution is 2.04. The number of amides is 1. The molecule has 0 saturated heterocycles. The van der Waals surface area contributed by atoms with Gasteiger partial charge in [0, 0.05) is 26.1 Å². The van der Waals surface area contributed by atoms with Crippen molar-refractivity contribution >= 4 is 5.91 Å².